The summed E-state index contributed by atoms with van der Waals surface area (Å²) < 4.78 is 0. The number of unbranched alkanes of at least 4 members (excludes halogenated alkanes) is 8. The molecule has 1 aromatic rings. The second-order valence-corrected chi connectivity index (χ2v) is 5.95. The Morgan fingerprint density at radius 2 is 0.840 bits per heavy atom. The fourth-order valence-electron chi connectivity index (χ4n) is 2.28. The van der Waals surface area contributed by atoms with E-state index in [4.69, 9.17) is 21.7 Å². The summed E-state index contributed by atoms with van der Waals surface area (Å²) in [5, 5.41) is 16.9. The van der Waals surface area contributed by atoms with Crippen LogP contribution in [0.1, 0.15) is 78.5 Å². The molecule has 0 aliphatic heterocycles. The minimum absolute atomic E-state index is 0.0833. The SMILES string of the molecule is NCCCCCCCCCCCN.O=C(O)c1ccc(C(=O)O)cc1. The first kappa shape index (κ1) is 23.1. The van der Waals surface area contributed by atoms with E-state index in [1.807, 2.05) is 0 Å². The Balaban J connectivity index is 0.000000462. The van der Waals surface area contributed by atoms with Gasteiger partial charge in [0.1, 0.15) is 0 Å². The van der Waals surface area contributed by atoms with Crippen molar-refractivity contribution >= 4 is 11.9 Å². The zero-order chi connectivity index (χ0) is 18.9. The summed E-state index contributed by atoms with van der Waals surface area (Å²) in [5.41, 5.74) is 11.0. The van der Waals surface area contributed by atoms with Crippen LogP contribution in [0.5, 0.6) is 0 Å². The van der Waals surface area contributed by atoms with Crippen LogP contribution in [0.15, 0.2) is 24.3 Å². The van der Waals surface area contributed by atoms with Gasteiger partial charge < -0.3 is 21.7 Å². The second kappa shape index (κ2) is 15.6. The molecule has 0 aliphatic carbocycles. The lowest BCUT2D eigenvalue weighted by Gasteiger charge is -2.00. The highest BCUT2D eigenvalue weighted by atomic mass is 16.4. The standard InChI is InChI=1S/C11H26N2.C8H6O4/c12-10-8-6-4-2-1-3-5-7-9-11-13;9-7(10)5-1-2-6(4-3-5)8(11)12/h1-13H2;1-4H,(H,9,10)(H,11,12). The summed E-state index contributed by atoms with van der Waals surface area (Å²) in [6, 6.07) is 5.02. The molecule has 0 atom stereocenters. The molecule has 0 amide bonds. The van der Waals surface area contributed by atoms with Crippen molar-refractivity contribution in [3.63, 3.8) is 0 Å². The van der Waals surface area contributed by atoms with Gasteiger partial charge in [0.2, 0.25) is 0 Å². The Morgan fingerprint density at radius 3 is 1.04 bits per heavy atom. The van der Waals surface area contributed by atoms with Crippen molar-refractivity contribution in [2.24, 2.45) is 11.5 Å². The molecule has 1 aromatic carbocycles. The van der Waals surface area contributed by atoms with Crippen molar-refractivity contribution < 1.29 is 19.8 Å². The van der Waals surface area contributed by atoms with E-state index in [0.717, 1.165) is 13.1 Å². The normalized spacial score (nSPS) is 10.0. The predicted molar refractivity (Wildman–Crippen MR) is 100 cm³/mol. The molecular weight excluding hydrogens is 320 g/mol. The molecule has 0 aromatic heterocycles. The van der Waals surface area contributed by atoms with Gasteiger partial charge in [0.05, 0.1) is 11.1 Å². The van der Waals surface area contributed by atoms with Gasteiger partial charge in [0, 0.05) is 0 Å². The number of carbonyl (C=O) groups is 2. The van der Waals surface area contributed by atoms with E-state index in [2.05, 4.69) is 0 Å². The van der Waals surface area contributed by atoms with E-state index in [1.54, 1.807) is 0 Å². The van der Waals surface area contributed by atoms with Crippen LogP contribution < -0.4 is 11.5 Å². The second-order valence-electron chi connectivity index (χ2n) is 5.95. The number of carboxylic acid groups (broad SMARTS) is 2. The number of rotatable bonds is 12. The first-order chi connectivity index (χ1) is 12.0. The number of hydrogen-bond acceptors (Lipinski definition) is 4. The van der Waals surface area contributed by atoms with Gasteiger partial charge in [-0.15, -0.1) is 0 Å². The average Bonchev–Trinajstić information content (AvgIpc) is 2.61. The monoisotopic (exact) mass is 352 g/mol. The molecule has 6 N–H and O–H groups in total. The Hall–Kier alpha value is -1.92. The van der Waals surface area contributed by atoms with E-state index in [0.29, 0.717) is 0 Å². The van der Waals surface area contributed by atoms with Crippen molar-refractivity contribution in [3.8, 4) is 0 Å². The fraction of sp³-hybridized carbons (Fsp3) is 0.579. The van der Waals surface area contributed by atoms with Gasteiger partial charge in [-0.3, -0.25) is 0 Å². The molecule has 142 valence electrons. The molecular formula is C19H32N2O4. The molecule has 0 spiro atoms. The topological polar surface area (TPSA) is 127 Å². The highest BCUT2D eigenvalue weighted by Crippen LogP contribution is 2.08. The van der Waals surface area contributed by atoms with E-state index in [-0.39, 0.29) is 11.1 Å². The van der Waals surface area contributed by atoms with Gasteiger partial charge in [0.15, 0.2) is 0 Å². The van der Waals surface area contributed by atoms with Crippen molar-refractivity contribution in [2.45, 2.75) is 57.8 Å². The number of aromatic carboxylic acids is 2. The quantitative estimate of drug-likeness (QED) is 0.426. The Morgan fingerprint density at radius 1 is 0.600 bits per heavy atom. The minimum atomic E-state index is -1.06. The minimum Gasteiger partial charge on any atom is -0.478 e. The first-order valence-corrected chi connectivity index (χ1v) is 8.99. The highest BCUT2D eigenvalue weighted by molar-refractivity contribution is 5.91. The van der Waals surface area contributed by atoms with Gasteiger partial charge in [0.25, 0.3) is 0 Å². The van der Waals surface area contributed by atoms with Crippen LogP contribution >= 0.6 is 0 Å². The summed E-state index contributed by atoms with van der Waals surface area (Å²) in [6.45, 7) is 1.72. The van der Waals surface area contributed by atoms with Crippen molar-refractivity contribution in [2.75, 3.05) is 13.1 Å². The molecule has 0 fully saturated rings. The van der Waals surface area contributed by atoms with Crippen molar-refractivity contribution in [3.05, 3.63) is 35.4 Å². The van der Waals surface area contributed by atoms with E-state index in [1.165, 1.54) is 82.1 Å². The third-order valence-corrected chi connectivity index (χ3v) is 3.79. The van der Waals surface area contributed by atoms with Crippen LogP contribution in [0.4, 0.5) is 0 Å². The van der Waals surface area contributed by atoms with Gasteiger partial charge in [-0.1, -0.05) is 44.9 Å². The van der Waals surface area contributed by atoms with Crippen LogP contribution in [0.2, 0.25) is 0 Å². The summed E-state index contributed by atoms with van der Waals surface area (Å²) in [4.78, 5) is 20.7. The van der Waals surface area contributed by atoms with Crippen LogP contribution in [-0.4, -0.2) is 35.2 Å². The molecule has 0 saturated heterocycles. The van der Waals surface area contributed by atoms with Crippen molar-refractivity contribution in [1.29, 1.82) is 0 Å². The lowest BCUT2D eigenvalue weighted by molar-refractivity contribution is 0.0681. The fourth-order valence-corrected chi connectivity index (χ4v) is 2.28. The maximum Gasteiger partial charge on any atom is 0.335 e. The lowest BCUT2D eigenvalue weighted by Crippen LogP contribution is -1.99. The number of hydrogen-bond donors (Lipinski definition) is 4. The molecule has 0 bridgehead atoms. The highest BCUT2D eigenvalue weighted by Gasteiger charge is 2.04. The zero-order valence-corrected chi connectivity index (χ0v) is 15.0. The zero-order valence-electron chi connectivity index (χ0n) is 15.0. The molecule has 0 saturated carbocycles. The third-order valence-electron chi connectivity index (χ3n) is 3.79. The molecule has 6 heteroatoms. The molecule has 6 nitrogen and oxygen atoms in total. The van der Waals surface area contributed by atoms with Crippen LogP contribution in [0.3, 0.4) is 0 Å². The Bertz CT molecular complexity index is 432. The van der Waals surface area contributed by atoms with E-state index >= 15 is 0 Å². The molecule has 0 heterocycles. The average molecular weight is 352 g/mol. The summed E-state index contributed by atoms with van der Waals surface area (Å²) >= 11 is 0. The predicted octanol–water partition coefficient (Wildman–Crippen LogP) is 3.50. The van der Waals surface area contributed by atoms with Gasteiger partial charge in [-0.2, -0.15) is 0 Å². The van der Waals surface area contributed by atoms with Crippen LogP contribution in [0.25, 0.3) is 0 Å². The third kappa shape index (κ3) is 13.1. The number of benzene rings is 1. The van der Waals surface area contributed by atoms with Crippen LogP contribution in [-0.2, 0) is 0 Å². The van der Waals surface area contributed by atoms with Gasteiger partial charge in [-0.05, 0) is 50.2 Å². The largest absolute Gasteiger partial charge is 0.478 e. The molecule has 25 heavy (non-hydrogen) atoms. The Kier molecular flexibility index (Phi) is 14.4. The lowest BCUT2D eigenvalue weighted by atomic mass is 10.1. The van der Waals surface area contributed by atoms with Gasteiger partial charge >= 0.3 is 11.9 Å². The van der Waals surface area contributed by atoms with E-state index in [9.17, 15) is 9.59 Å². The Labute approximate surface area is 150 Å². The van der Waals surface area contributed by atoms with Gasteiger partial charge in [-0.25, -0.2) is 9.59 Å². The summed E-state index contributed by atoms with van der Waals surface area (Å²) in [6.07, 6.45) is 12.0. The molecule has 0 radical (unpaired) electrons. The van der Waals surface area contributed by atoms with Crippen LogP contribution in [0, 0.1) is 0 Å². The first-order valence-electron chi connectivity index (χ1n) is 8.99. The van der Waals surface area contributed by atoms with E-state index < -0.39 is 11.9 Å². The molecule has 0 aliphatic rings. The maximum absolute atomic E-state index is 10.3. The number of nitrogens with two attached hydrogens (primary N) is 2. The molecule has 1 rings (SSSR count). The maximum atomic E-state index is 10.3. The summed E-state index contributed by atoms with van der Waals surface area (Å²) in [5.74, 6) is -2.13. The number of carboxylic acids is 2. The summed E-state index contributed by atoms with van der Waals surface area (Å²) in [7, 11) is 0. The van der Waals surface area contributed by atoms with Crippen molar-refractivity contribution in [1.82, 2.24) is 0 Å². The smallest absolute Gasteiger partial charge is 0.335 e. The molecule has 0 unspecified atom stereocenters.